The molecule has 2 aromatic carbocycles. The highest BCUT2D eigenvalue weighted by Crippen LogP contribution is 2.23. The largest absolute Gasteiger partial charge is 0.478 e. The van der Waals surface area contributed by atoms with Gasteiger partial charge in [-0.15, -0.1) is 0 Å². The Hall–Kier alpha value is -2.66. The summed E-state index contributed by atoms with van der Waals surface area (Å²) in [6.07, 6.45) is 3.25. The third-order valence-electron chi connectivity index (χ3n) is 4.42. The van der Waals surface area contributed by atoms with Crippen molar-refractivity contribution in [3.05, 3.63) is 64.7 Å². The van der Waals surface area contributed by atoms with Crippen LogP contribution in [0.15, 0.2) is 42.5 Å². The Morgan fingerprint density at radius 1 is 1.08 bits per heavy atom. The molecule has 0 fully saturated rings. The van der Waals surface area contributed by atoms with Crippen molar-refractivity contribution in [2.75, 3.05) is 5.32 Å². The number of nitrogens with one attached hydrogen (secondary N) is 1. The number of aliphatic hydroxyl groups excluding tert-OH is 1. The number of aliphatic hydroxyl groups is 1. The van der Waals surface area contributed by atoms with Gasteiger partial charge in [0.25, 0.3) is 5.91 Å². The van der Waals surface area contributed by atoms with Gasteiger partial charge in [0.15, 0.2) is 0 Å². The van der Waals surface area contributed by atoms with Gasteiger partial charge in [0.2, 0.25) is 0 Å². The molecule has 0 aromatic heterocycles. The maximum absolute atomic E-state index is 12.5. The van der Waals surface area contributed by atoms with Crippen molar-refractivity contribution in [3.63, 3.8) is 0 Å². The Morgan fingerprint density at radius 2 is 1.77 bits per heavy atom. The summed E-state index contributed by atoms with van der Waals surface area (Å²) in [5, 5.41) is 22.3. The molecule has 26 heavy (non-hydrogen) atoms. The number of anilines is 1. The second-order valence-electron chi connectivity index (χ2n) is 6.37. The zero-order valence-electron chi connectivity index (χ0n) is 15.2. The van der Waals surface area contributed by atoms with Gasteiger partial charge in [-0.3, -0.25) is 4.79 Å². The average Bonchev–Trinajstić information content (AvgIpc) is 2.62. The molecule has 0 radical (unpaired) electrons. The Labute approximate surface area is 153 Å². The molecular weight excluding hydrogens is 330 g/mol. The van der Waals surface area contributed by atoms with E-state index in [4.69, 9.17) is 0 Å². The highest BCUT2D eigenvalue weighted by molar-refractivity contribution is 6.07. The molecule has 0 aliphatic heterocycles. The third kappa shape index (κ3) is 4.92. The zero-order chi connectivity index (χ0) is 19.1. The number of benzene rings is 2. The number of carbonyl (C=O) groups is 2. The summed E-state index contributed by atoms with van der Waals surface area (Å²) in [7, 11) is 0. The van der Waals surface area contributed by atoms with Crippen molar-refractivity contribution in [2.45, 2.75) is 45.6 Å². The van der Waals surface area contributed by atoms with Crippen LogP contribution in [0.2, 0.25) is 0 Å². The molecule has 0 spiro atoms. The van der Waals surface area contributed by atoms with Crippen LogP contribution in [0.5, 0.6) is 0 Å². The predicted octanol–water partition coefficient (Wildman–Crippen LogP) is 4.56. The number of carbonyl (C=O) groups excluding carboxylic acids is 1. The second-order valence-corrected chi connectivity index (χ2v) is 6.37. The molecule has 0 aliphatic rings. The first-order valence-electron chi connectivity index (χ1n) is 8.86. The van der Waals surface area contributed by atoms with Crippen molar-refractivity contribution in [1.82, 2.24) is 0 Å². The minimum Gasteiger partial charge on any atom is -0.478 e. The highest BCUT2D eigenvalue weighted by Gasteiger charge is 2.16. The normalized spacial score (nSPS) is 11.8. The lowest BCUT2D eigenvalue weighted by molar-refractivity contribution is 0.0696. The molecular formula is C21H25NO4. The Morgan fingerprint density at radius 3 is 2.46 bits per heavy atom. The van der Waals surface area contributed by atoms with Gasteiger partial charge < -0.3 is 15.5 Å². The van der Waals surface area contributed by atoms with Crippen molar-refractivity contribution >= 4 is 17.6 Å². The molecule has 0 bridgehead atoms. The van der Waals surface area contributed by atoms with Gasteiger partial charge >= 0.3 is 5.97 Å². The van der Waals surface area contributed by atoms with Crippen LogP contribution in [0.25, 0.3) is 0 Å². The summed E-state index contributed by atoms with van der Waals surface area (Å²) in [6, 6.07) is 11.8. The summed E-state index contributed by atoms with van der Waals surface area (Å²) < 4.78 is 0. The molecule has 5 heteroatoms. The average molecular weight is 355 g/mol. The topological polar surface area (TPSA) is 86.6 Å². The zero-order valence-corrected chi connectivity index (χ0v) is 15.2. The Bertz CT molecular complexity index is 785. The summed E-state index contributed by atoms with van der Waals surface area (Å²) in [6.45, 7) is 3.73. The van der Waals surface area contributed by atoms with E-state index in [1.54, 1.807) is 37.3 Å². The SMILES string of the molecule is CCCCCC(O)c1cccc(NC(=O)c2cccc(C(=O)O)c2C)c1. The van der Waals surface area contributed by atoms with Gasteiger partial charge in [0.05, 0.1) is 11.7 Å². The number of unbranched alkanes of at least 4 members (excludes halogenated alkanes) is 2. The fraction of sp³-hybridized carbons (Fsp3) is 0.333. The van der Waals surface area contributed by atoms with Crippen LogP contribution in [-0.4, -0.2) is 22.1 Å². The Balaban J connectivity index is 2.14. The highest BCUT2D eigenvalue weighted by atomic mass is 16.4. The van der Waals surface area contributed by atoms with Crippen LogP contribution in [-0.2, 0) is 0 Å². The van der Waals surface area contributed by atoms with E-state index in [9.17, 15) is 19.8 Å². The van der Waals surface area contributed by atoms with Crippen molar-refractivity contribution in [3.8, 4) is 0 Å². The molecule has 2 aromatic rings. The molecule has 0 saturated heterocycles. The molecule has 0 heterocycles. The smallest absolute Gasteiger partial charge is 0.335 e. The van der Waals surface area contributed by atoms with E-state index in [1.165, 1.54) is 6.07 Å². The number of hydrogen-bond acceptors (Lipinski definition) is 3. The summed E-state index contributed by atoms with van der Waals surface area (Å²) in [5.41, 5.74) is 2.18. The first-order valence-corrected chi connectivity index (χ1v) is 8.86. The van der Waals surface area contributed by atoms with E-state index in [2.05, 4.69) is 12.2 Å². The maximum atomic E-state index is 12.5. The van der Waals surface area contributed by atoms with E-state index in [-0.39, 0.29) is 11.5 Å². The van der Waals surface area contributed by atoms with Crippen molar-refractivity contribution < 1.29 is 19.8 Å². The number of rotatable bonds is 8. The second kappa shape index (κ2) is 9.15. The van der Waals surface area contributed by atoms with E-state index >= 15 is 0 Å². The van der Waals surface area contributed by atoms with Crippen LogP contribution in [0, 0.1) is 6.92 Å². The van der Waals surface area contributed by atoms with Crippen LogP contribution in [0.3, 0.4) is 0 Å². The lowest BCUT2D eigenvalue weighted by Crippen LogP contribution is -2.15. The van der Waals surface area contributed by atoms with Crippen LogP contribution < -0.4 is 5.32 Å². The third-order valence-corrected chi connectivity index (χ3v) is 4.42. The molecule has 1 unspecified atom stereocenters. The number of hydrogen-bond donors (Lipinski definition) is 3. The monoisotopic (exact) mass is 355 g/mol. The van der Waals surface area contributed by atoms with Gasteiger partial charge in [-0.05, 0) is 48.7 Å². The minimum absolute atomic E-state index is 0.109. The van der Waals surface area contributed by atoms with Crippen LogP contribution in [0.1, 0.15) is 70.6 Å². The molecule has 1 atom stereocenters. The predicted molar refractivity (Wildman–Crippen MR) is 102 cm³/mol. The van der Waals surface area contributed by atoms with Crippen LogP contribution >= 0.6 is 0 Å². The van der Waals surface area contributed by atoms with Gasteiger partial charge in [-0.2, -0.15) is 0 Å². The van der Waals surface area contributed by atoms with Gasteiger partial charge in [-0.25, -0.2) is 4.79 Å². The molecule has 3 N–H and O–H groups in total. The summed E-state index contributed by atoms with van der Waals surface area (Å²) in [4.78, 5) is 23.8. The lowest BCUT2D eigenvalue weighted by Gasteiger charge is -2.13. The fourth-order valence-electron chi connectivity index (χ4n) is 2.89. The van der Waals surface area contributed by atoms with Crippen molar-refractivity contribution in [1.29, 1.82) is 0 Å². The molecule has 1 amide bonds. The first-order chi connectivity index (χ1) is 12.4. The van der Waals surface area contributed by atoms with E-state index in [0.29, 0.717) is 23.2 Å². The fourth-order valence-corrected chi connectivity index (χ4v) is 2.89. The quantitative estimate of drug-likeness (QED) is 0.606. The summed E-state index contributed by atoms with van der Waals surface area (Å²) >= 11 is 0. The van der Waals surface area contributed by atoms with E-state index in [1.807, 2.05) is 6.07 Å². The Kier molecular flexibility index (Phi) is 6.92. The molecule has 0 aliphatic carbocycles. The van der Waals surface area contributed by atoms with Crippen molar-refractivity contribution in [2.24, 2.45) is 0 Å². The van der Waals surface area contributed by atoms with E-state index in [0.717, 1.165) is 24.8 Å². The lowest BCUT2D eigenvalue weighted by atomic mass is 10.0. The van der Waals surface area contributed by atoms with E-state index < -0.39 is 12.1 Å². The molecule has 2 rings (SSSR count). The number of carboxylic acids is 1. The summed E-state index contributed by atoms with van der Waals surface area (Å²) in [5.74, 6) is -1.43. The first kappa shape index (κ1) is 19.7. The minimum atomic E-state index is -1.06. The maximum Gasteiger partial charge on any atom is 0.335 e. The number of aromatic carboxylic acids is 1. The standard InChI is InChI=1S/C21H25NO4/c1-3-4-5-12-19(23)15-8-6-9-16(13-15)22-20(24)17-10-7-11-18(14(17)2)21(25)26/h6-11,13,19,23H,3-5,12H2,1-2H3,(H,22,24)(H,25,26). The van der Waals surface area contributed by atoms with Gasteiger partial charge in [0.1, 0.15) is 0 Å². The van der Waals surface area contributed by atoms with Gasteiger partial charge in [-0.1, -0.05) is 44.4 Å². The van der Waals surface area contributed by atoms with Gasteiger partial charge in [0, 0.05) is 11.3 Å². The van der Waals surface area contributed by atoms with Crippen LogP contribution in [0.4, 0.5) is 5.69 Å². The number of carboxylic acid groups (broad SMARTS) is 1. The molecule has 5 nitrogen and oxygen atoms in total. The molecule has 0 saturated carbocycles. The molecule has 138 valence electrons. The number of amides is 1.